The third-order valence-electron chi connectivity index (χ3n) is 4.25. The van der Waals surface area contributed by atoms with Crippen molar-refractivity contribution in [2.24, 2.45) is 11.8 Å². The van der Waals surface area contributed by atoms with Gasteiger partial charge in [0.2, 0.25) is 0 Å². The van der Waals surface area contributed by atoms with Gasteiger partial charge in [0.15, 0.2) is 0 Å². The highest BCUT2D eigenvalue weighted by atomic mass is 15.1. The van der Waals surface area contributed by atoms with Crippen molar-refractivity contribution < 1.29 is 0 Å². The zero-order chi connectivity index (χ0) is 15.8. The Morgan fingerprint density at radius 2 is 1.57 bits per heavy atom. The van der Waals surface area contributed by atoms with Gasteiger partial charge in [-0.25, -0.2) is 0 Å². The van der Waals surface area contributed by atoms with Gasteiger partial charge in [-0.1, -0.05) is 58.0 Å². The van der Waals surface area contributed by atoms with Gasteiger partial charge in [-0.05, 0) is 43.8 Å². The Morgan fingerprint density at radius 1 is 0.952 bits per heavy atom. The highest BCUT2D eigenvalue weighted by Gasteiger charge is 2.17. The summed E-state index contributed by atoms with van der Waals surface area (Å²) in [5.74, 6) is 1.99. The van der Waals surface area contributed by atoms with E-state index in [1.807, 2.05) is 0 Å². The quantitative estimate of drug-likeness (QED) is 0.739. The topological polar surface area (TPSA) is 15.3 Å². The SMILES string of the molecule is CC(C)CC(CNCC(c1ccccc1)C(C)C)N(C)C. The average Bonchev–Trinajstić information content (AvgIpc) is 2.42. The van der Waals surface area contributed by atoms with Gasteiger partial charge < -0.3 is 10.2 Å². The van der Waals surface area contributed by atoms with Gasteiger partial charge >= 0.3 is 0 Å². The highest BCUT2D eigenvalue weighted by molar-refractivity contribution is 5.20. The van der Waals surface area contributed by atoms with E-state index < -0.39 is 0 Å². The molecule has 0 saturated carbocycles. The molecule has 1 rings (SSSR count). The summed E-state index contributed by atoms with van der Waals surface area (Å²) in [6.45, 7) is 11.4. The van der Waals surface area contributed by atoms with Crippen LogP contribution in [0.15, 0.2) is 30.3 Å². The summed E-state index contributed by atoms with van der Waals surface area (Å²) < 4.78 is 0. The minimum atomic E-state index is 0.591. The van der Waals surface area contributed by atoms with Crippen LogP contribution in [0, 0.1) is 11.8 Å². The molecule has 0 fully saturated rings. The van der Waals surface area contributed by atoms with Crippen molar-refractivity contribution in [1.82, 2.24) is 10.2 Å². The van der Waals surface area contributed by atoms with Crippen molar-refractivity contribution in [1.29, 1.82) is 0 Å². The average molecular weight is 290 g/mol. The van der Waals surface area contributed by atoms with Crippen LogP contribution in [-0.4, -0.2) is 38.1 Å². The molecule has 2 unspecified atom stereocenters. The third-order valence-corrected chi connectivity index (χ3v) is 4.25. The molecule has 0 aliphatic heterocycles. The van der Waals surface area contributed by atoms with Crippen molar-refractivity contribution in [2.45, 2.75) is 46.1 Å². The zero-order valence-electron chi connectivity index (χ0n) is 14.8. The van der Waals surface area contributed by atoms with Crippen molar-refractivity contribution >= 4 is 0 Å². The van der Waals surface area contributed by atoms with Crippen LogP contribution >= 0.6 is 0 Å². The number of hydrogen-bond acceptors (Lipinski definition) is 2. The molecule has 0 saturated heterocycles. The first-order valence-electron chi connectivity index (χ1n) is 8.33. The largest absolute Gasteiger partial charge is 0.315 e. The lowest BCUT2D eigenvalue weighted by Gasteiger charge is -2.28. The second-order valence-corrected chi connectivity index (χ2v) is 7.17. The summed E-state index contributed by atoms with van der Waals surface area (Å²) in [5, 5.41) is 3.71. The minimum Gasteiger partial charge on any atom is -0.315 e. The Hall–Kier alpha value is -0.860. The standard InChI is InChI=1S/C19H34N2/c1-15(2)12-18(21(5)6)13-20-14-19(16(3)4)17-10-8-7-9-11-17/h7-11,15-16,18-20H,12-14H2,1-6H3. The summed E-state index contributed by atoms with van der Waals surface area (Å²) in [6.07, 6.45) is 1.25. The first kappa shape index (κ1) is 18.2. The van der Waals surface area contributed by atoms with E-state index in [4.69, 9.17) is 0 Å². The fourth-order valence-corrected chi connectivity index (χ4v) is 2.87. The lowest BCUT2D eigenvalue weighted by molar-refractivity contribution is 0.244. The first-order valence-corrected chi connectivity index (χ1v) is 8.33. The zero-order valence-corrected chi connectivity index (χ0v) is 14.8. The van der Waals surface area contributed by atoms with Crippen LogP contribution in [-0.2, 0) is 0 Å². The molecular weight excluding hydrogens is 256 g/mol. The predicted molar refractivity (Wildman–Crippen MR) is 93.8 cm³/mol. The summed E-state index contributed by atoms with van der Waals surface area (Å²) in [7, 11) is 4.37. The number of hydrogen-bond donors (Lipinski definition) is 1. The van der Waals surface area contributed by atoms with E-state index in [1.54, 1.807) is 0 Å². The van der Waals surface area contributed by atoms with Gasteiger partial charge in [0.05, 0.1) is 0 Å². The van der Waals surface area contributed by atoms with Crippen LogP contribution < -0.4 is 5.32 Å². The molecule has 2 atom stereocenters. The van der Waals surface area contributed by atoms with Crippen molar-refractivity contribution in [3.05, 3.63) is 35.9 Å². The van der Waals surface area contributed by atoms with Crippen LogP contribution in [0.4, 0.5) is 0 Å². The predicted octanol–water partition coefficient (Wildman–Crippen LogP) is 3.99. The smallest absolute Gasteiger partial charge is 0.0216 e. The summed E-state index contributed by atoms with van der Waals surface area (Å²) in [4.78, 5) is 2.35. The summed E-state index contributed by atoms with van der Waals surface area (Å²) in [5.41, 5.74) is 1.45. The molecule has 0 bridgehead atoms. The lowest BCUT2D eigenvalue weighted by Crippen LogP contribution is -2.40. The molecule has 0 spiro atoms. The monoisotopic (exact) mass is 290 g/mol. The number of likely N-dealkylation sites (N-methyl/N-ethyl adjacent to an activating group) is 1. The molecule has 2 heteroatoms. The van der Waals surface area contributed by atoms with Gasteiger partial charge in [-0.3, -0.25) is 0 Å². The van der Waals surface area contributed by atoms with E-state index in [2.05, 4.69) is 82.3 Å². The maximum absolute atomic E-state index is 3.71. The van der Waals surface area contributed by atoms with E-state index in [1.165, 1.54) is 12.0 Å². The molecule has 1 aromatic carbocycles. The Labute approximate surface area is 131 Å². The maximum Gasteiger partial charge on any atom is 0.0216 e. The summed E-state index contributed by atoms with van der Waals surface area (Å²) in [6, 6.07) is 11.5. The van der Waals surface area contributed by atoms with Gasteiger partial charge in [0, 0.05) is 19.1 Å². The molecule has 1 N–H and O–H groups in total. The second-order valence-electron chi connectivity index (χ2n) is 7.17. The van der Waals surface area contributed by atoms with Gasteiger partial charge in [0.25, 0.3) is 0 Å². The molecular formula is C19H34N2. The Bertz CT molecular complexity index is 370. The van der Waals surface area contributed by atoms with Gasteiger partial charge in [-0.2, -0.15) is 0 Å². The molecule has 21 heavy (non-hydrogen) atoms. The van der Waals surface area contributed by atoms with E-state index in [0.717, 1.165) is 19.0 Å². The lowest BCUT2D eigenvalue weighted by atomic mass is 9.88. The molecule has 0 aliphatic carbocycles. The molecule has 1 aromatic rings. The fraction of sp³-hybridized carbons (Fsp3) is 0.684. The van der Waals surface area contributed by atoms with E-state index in [9.17, 15) is 0 Å². The van der Waals surface area contributed by atoms with Crippen molar-refractivity contribution in [3.63, 3.8) is 0 Å². The molecule has 2 nitrogen and oxygen atoms in total. The van der Waals surface area contributed by atoms with Crippen LogP contribution in [0.25, 0.3) is 0 Å². The van der Waals surface area contributed by atoms with E-state index in [0.29, 0.717) is 17.9 Å². The van der Waals surface area contributed by atoms with Crippen LogP contribution in [0.5, 0.6) is 0 Å². The van der Waals surface area contributed by atoms with Crippen molar-refractivity contribution in [3.8, 4) is 0 Å². The van der Waals surface area contributed by atoms with E-state index in [-0.39, 0.29) is 0 Å². The normalized spacial score (nSPS) is 14.9. The highest BCUT2D eigenvalue weighted by Crippen LogP contribution is 2.23. The second kappa shape index (κ2) is 9.22. The van der Waals surface area contributed by atoms with Crippen LogP contribution in [0.2, 0.25) is 0 Å². The number of benzene rings is 1. The Kier molecular flexibility index (Phi) is 7.98. The number of rotatable bonds is 9. The third kappa shape index (κ3) is 6.62. The molecule has 0 amide bonds. The Balaban J connectivity index is 2.54. The van der Waals surface area contributed by atoms with E-state index >= 15 is 0 Å². The van der Waals surface area contributed by atoms with Crippen molar-refractivity contribution in [2.75, 3.05) is 27.2 Å². The molecule has 0 aromatic heterocycles. The van der Waals surface area contributed by atoms with Crippen LogP contribution in [0.1, 0.15) is 45.6 Å². The number of nitrogens with one attached hydrogen (secondary N) is 1. The number of nitrogens with zero attached hydrogens (tertiary/aromatic N) is 1. The van der Waals surface area contributed by atoms with Gasteiger partial charge in [-0.15, -0.1) is 0 Å². The fourth-order valence-electron chi connectivity index (χ4n) is 2.87. The summed E-state index contributed by atoms with van der Waals surface area (Å²) >= 11 is 0. The molecule has 0 heterocycles. The maximum atomic E-state index is 3.71. The Morgan fingerprint density at radius 3 is 2.05 bits per heavy atom. The molecule has 0 radical (unpaired) electrons. The minimum absolute atomic E-state index is 0.591. The van der Waals surface area contributed by atoms with Crippen LogP contribution in [0.3, 0.4) is 0 Å². The molecule has 0 aliphatic rings. The molecule has 120 valence electrons. The van der Waals surface area contributed by atoms with Gasteiger partial charge in [0.1, 0.15) is 0 Å². The first-order chi connectivity index (χ1) is 9.91.